The van der Waals surface area contributed by atoms with Gasteiger partial charge in [-0.15, -0.1) is 0 Å². The summed E-state index contributed by atoms with van der Waals surface area (Å²) in [5.74, 6) is 0.927. The van der Waals surface area contributed by atoms with Crippen molar-refractivity contribution in [1.29, 1.82) is 0 Å². The summed E-state index contributed by atoms with van der Waals surface area (Å²) in [6.07, 6.45) is 0.970. The maximum Gasteiger partial charge on any atom is 0.253 e. The van der Waals surface area contributed by atoms with Gasteiger partial charge in [-0.3, -0.25) is 4.79 Å². The molecule has 6 nitrogen and oxygen atoms in total. The highest BCUT2D eigenvalue weighted by molar-refractivity contribution is 6.29. The number of hydrogen-bond acceptors (Lipinski definition) is 5. The van der Waals surface area contributed by atoms with E-state index < -0.39 is 0 Å². The number of anilines is 2. The van der Waals surface area contributed by atoms with Gasteiger partial charge in [0.15, 0.2) is 0 Å². The predicted octanol–water partition coefficient (Wildman–Crippen LogP) is 2.24. The van der Waals surface area contributed by atoms with E-state index in [2.05, 4.69) is 21.8 Å². The summed E-state index contributed by atoms with van der Waals surface area (Å²) in [6, 6.07) is 9.51. The number of benzene rings is 1. The molecular weight excluding hydrogens is 326 g/mol. The molecule has 1 amide bonds. The zero-order valence-corrected chi connectivity index (χ0v) is 14.3. The van der Waals surface area contributed by atoms with Crippen LogP contribution in [0.3, 0.4) is 0 Å². The summed E-state index contributed by atoms with van der Waals surface area (Å²) >= 11 is 5.93. The lowest BCUT2D eigenvalue weighted by Gasteiger charge is -2.35. The van der Waals surface area contributed by atoms with Crippen LogP contribution in [0.4, 0.5) is 11.8 Å². The van der Waals surface area contributed by atoms with Crippen LogP contribution in [-0.2, 0) is 6.42 Å². The monoisotopic (exact) mass is 345 g/mol. The molecule has 0 saturated carbocycles. The van der Waals surface area contributed by atoms with Crippen molar-refractivity contribution >= 4 is 29.3 Å². The second-order valence-corrected chi connectivity index (χ2v) is 6.12. The molecule has 0 radical (unpaired) electrons. The van der Waals surface area contributed by atoms with E-state index in [4.69, 9.17) is 17.3 Å². The number of aromatic nitrogens is 2. The summed E-state index contributed by atoms with van der Waals surface area (Å²) in [4.78, 5) is 24.6. The lowest BCUT2D eigenvalue weighted by molar-refractivity contribution is 0.0746. The molecule has 0 aliphatic carbocycles. The van der Waals surface area contributed by atoms with Crippen LogP contribution in [0.5, 0.6) is 0 Å². The second kappa shape index (κ2) is 7.05. The number of aryl methyl sites for hydroxylation is 1. The third-order valence-electron chi connectivity index (χ3n) is 4.20. The molecule has 1 fully saturated rings. The maximum atomic E-state index is 12.6. The number of piperazine rings is 1. The Morgan fingerprint density at radius 2 is 1.83 bits per heavy atom. The van der Waals surface area contributed by atoms with Gasteiger partial charge < -0.3 is 15.5 Å². The number of amides is 1. The van der Waals surface area contributed by atoms with Gasteiger partial charge in [0.05, 0.1) is 0 Å². The van der Waals surface area contributed by atoms with Crippen molar-refractivity contribution < 1.29 is 4.79 Å². The van der Waals surface area contributed by atoms with E-state index in [9.17, 15) is 4.79 Å². The van der Waals surface area contributed by atoms with Gasteiger partial charge in [-0.2, -0.15) is 4.98 Å². The molecule has 0 spiro atoms. The van der Waals surface area contributed by atoms with Crippen LogP contribution in [-0.4, -0.2) is 47.0 Å². The Labute approximate surface area is 146 Å². The molecular formula is C17H20ClN5O. The summed E-state index contributed by atoms with van der Waals surface area (Å²) in [5.41, 5.74) is 7.61. The highest BCUT2D eigenvalue weighted by atomic mass is 35.5. The maximum absolute atomic E-state index is 12.6. The van der Waals surface area contributed by atoms with Crippen molar-refractivity contribution in [2.75, 3.05) is 36.8 Å². The summed E-state index contributed by atoms with van der Waals surface area (Å²) in [5, 5.41) is 0.326. The summed E-state index contributed by atoms with van der Waals surface area (Å²) in [7, 11) is 0. The highest BCUT2D eigenvalue weighted by Crippen LogP contribution is 2.19. The minimum Gasteiger partial charge on any atom is -0.368 e. The number of nitrogens with zero attached hydrogens (tertiary/aromatic N) is 4. The molecule has 0 bridgehead atoms. The third kappa shape index (κ3) is 3.59. The summed E-state index contributed by atoms with van der Waals surface area (Å²) < 4.78 is 0. The first-order valence-electron chi connectivity index (χ1n) is 8.00. The first-order valence-corrected chi connectivity index (χ1v) is 8.38. The molecule has 0 atom stereocenters. The Balaban J connectivity index is 1.64. The molecule has 1 aromatic heterocycles. The molecule has 1 saturated heterocycles. The number of nitrogen functional groups attached to an aromatic ring is 1. The van der Waals surface area contributed by atoms with Crippen LogP contribution in [0, 0.1) is 0 Å². The standard InChI is InChI=1S/C17H20ClN5O/c1-2-12-3-5-13(6-4-12)16(24)23-9-7-22(8-10-23)15-11-14(18)20-17(19)21-15/h3-6,11H,2,7-10H2,1H3,(H2,19,20,21). The van der Waals surface area contributed by atoms with E-state index >= 15 is 0 Å². The van der Waals surface area contributed by atoms with Crippen LogP contribution in [0.25, 0.3) is 0 Å². The lowest BCUT2D eigenvalue weighted by Crippen LogP contribution is -2.49. The molecule has 0 unspecified atom stereocenters. The number of carbonyl (C=O) groups excluding carboxylic acids is 1. The molecule has 3 rings (SSSR count). The average Bonchev–Trinajstić information content (AvgIpc) is 2.60. The van der Waals surface area contributed by atoms with E-state index in [1.165, 1.54) is 5.56 Å². The largest absolute Gasteiger partial charge is 0.368 e. The Hall–Kier alpha value is -2.34. The molecule has 1 aliphatic heterocycles. The molecule has 24 heavy (non-hydrogen) atoms. The minimum absolute atomic E-state index is 0.0672. The summed E-state index contributed by atoms with van der Waals surface area (Å²) in [6.45, 7) is 4.74. The topological polar surface area (TPSA) is 75.4 Å². The van der Waals surface area contributed by atoms with Gasteiger partial charge in [0.25, 0.3) is 5.91 Å². The number of halogens is 1. The molecule has 2 N–H and O–H groups in total. The molecule has 1 aromatic carbocycles. The Morgan fingerprint density at radius 1 is 1.17 bits per heavy atom. The van der Waals surface area contributed by atoms with Crippen molar-refractivity contribution in [1.82, 2.24) is 14.9 Å². The Morgan fingerprint density at radius 3 is 2.42 bits per heavy atom. The quantitative estimate of drug-likeness (QED) is 0.863. The zero-order chi connectivity index (χ0) is 17.1. The normalized spacial score (nSPS) is 14.8. The van der Waals surface area contributed by atoms with Crippen LogP contribution < -0.4 is 10.6 Å². The lowest BCUT2D eigenvalue weighted by atomic mass is 10.1. The SMILES string of the molecule is CCc1ccc(C(=O)N2CCN(c3cc(Cl)nc(N)n3)CC2)cc1. The Kier molecular flexibility index (Phi) is 4.85. The first kappa shape index (κ1) is 16.5. The molecule has 1 aliphatic rings. The van der Waals surface area contributed by atoms with Gasteiger partial charge in [-0.1, -0.05) is 30.7 Å². The van der Waals surface area contributed by atoms with Crippen molar-refractivity contribution in [2.24, 2.45) is 0 Å². The second-order valence-electron chi connectivity index (χ2n) is 5.74. The molecule has 2 heterocycles. The van der Waals surface area contributed by atoms with Crippen LogP contribution in [0.15, 0.2) is 30.3 Å². The van der Waals surface area contributed by atoms with Gasteiger partial charge in [0.2, 0.25) is 5.95 Å². The van der Waals surface area contributed by atoms with E-state index in [0.717, 1.165) is 12.0 Å². The van der Waals surface area contributed by atoms with Crippen LogP contribution in [0.2, 0.25) is 5.15 Å². The van der Waals surface area contributed by atoms with Crippen molar-refractivity contribution in [3.05, 3.63) is 46.6 Å². The minimum atomic E-state index is 0.0672. The molecule has 2 aromatic rings. The fourth-order valence-electron chi connectivity index (χ4n) is 2.79. The van der Waals surface area contributed by atoms with Gasteiger partial charge >= 0.3 is 0 Å². The smallest absolute Gasteiger partial charge is 0.253 e. The first-order chi connectivity index (χ1) is 11.6. The molecule has 126 valence electrons. The number of rotatable bonds is 3. The Bertz CT molecular complexity index is 706. The van der Waals surface area contributed by atoms with Crippen LogP contribution in [0.1, 0.15) is 22.8 Å². The fourth-order valence-corrected chi connectivity index (χ4v) is 2.97. The highest BCUT2D eigenvalue weighted by Gasteiger charge is 2.23. The van der Waals surface area contributed by atoms with Crippen molar-refractivity contribution in [2.45, 2.75) is 13.3 Å². The van der Waals surface area contributed by atoms with Gasteiger partial charge in [-0.05, 0) is 24.1 Å². The van der Waals surface area contributed by atoms with Crippen LogP contribution >= 0.6 is 11.6 Å². The molecule has 7 heteroatoms. The van der Waals surface area contributed by atoms with E-state index in [1.807, 2.05) is 29.2 Å². The predicted molar refractivity (Wildman–Crippen MR) is 95.4 cm³/mol. The number of carbonyl (C=O) groups is 1. The zero-order valence-electron chi connectivity index (χ0n) is 13.6. The van der Waals surface area contributed by atoms with Gasteiger partial charge in [0, 0.05) is 37.8 Å². The average molecular weight is 346 g/mol. The van der Waals surface area contributed by atoms with E-state index in [0.29, 0.717) is 37.1 Å². The van der Waals surface area contributed by atoms with Crippen molar-refractivity contribution in [3.8, 4) is 0 Å². The van der Waals surface area contributed by atoms with E-state index in [-0.39, 0.29) is 11.9 Å². The van der Waals surface area contributed by atoms with Gasteiger partial charge in [-0.25, -0.2) is 4.98 Å². The van der Waals surface area contributed by atoms with Gasteiger partial charge in [0.1, 0.15) is 11.0 Å². The van der Waals surface area contributed by atoms with E-state index in [1.54, 1.807) is 6.07 Å². The number of hydrogen-bond donors (Lipinski definition) is 1. The third-order valence-corrected chi connectivity index (χ3v) is 4.39. The fraction of sp³-hybridized carbons (Fsp3) is 0.353. The van der Waals surface area contributed by atoms with Crippen molar-refractivity contribution in [3.63, 3.8) is 0 Å². The number of nitrogens with two attached hydrogens (primary N) is 1.